The van der Waals surface area contributed by atoms with Crippen molar-refractivity contribution in [3.8, 4) is 11.3 Å². The van der Waals surface area contributed by atoms with Crippen LogP contribution in [0.15, 0.2) is 95.8 Å². The number of rotatable bonds is 6. The molecule has 34 heavy (non-hydrogen) atoms. The van der Waals surface area contributed by atoms with Gasteiger partial charge in [0.1, 0.15) is 5.82 Å². The Morgan fingerprint density at radius 2 is 1.53 bits per heavy atom. The van der Waals surface area contributed by atoms with Gasteiger partial charge in [-0.1, -0.05) is 60.7 Å². The number of aromatic nitrogens is 2. The largest absolute Gasteiger partial charge is 0.325 e. The molecule has 0 unspecified atom stereocenters. The van der Waals surface area contributed by atoms with Crippen molar-refractivity contribution < 1.29 is 9.18 Å². The summed E-state index contributed by atoms with van der Waals surface area (Å²) in [7, 11) is 1.50. The number of amides is 1. The van der Waals surface area contributed by atoms with Gasteiger partial charge in [-0.15, -0.1) is 12.4 Å². The second kappa shape index (κ2) is 10.9. The van der Waals surface area contributed by atoms with Crippen LogP contribution in [0.4, 0.5) is 10.1 Å². The summed E-state index contributed by atoms with van der Waals surface area (Å²) >= 11 is 0. The highest BCUT2D eigenvalue weighted by Crippen LogP contribution is 2.28. The summed E-state index contributed by atoms with van der Waals surface area (Å²) < 4.78 is 15.9. The lowest BCUT2D eigenvalue weighted by Crippen LogP contribution is -2.41. The smallest absolute Gasteiger partial charge is 0.266 e. The molecule has 8 heteroatoms. The molecule has 0 fully saturated rings. The monoisotopic (exact) mass is 478 g/mol. The van der Waals surface area contributed by atoms with Crippen molar-refractivity contribution in [2.75, 3.05) is 5.32 Å². The minimum absolute atomic E-state index is 0. The van der Waals surface area contributed by atoms with E-state index in [1.54, 1.807) is 6.07 Å². The fourth-order valence-corrected chi connectivity index (χ4v) is 3.75. The van der Waals surface area contributed by atoms with E-state index in [4.69, 9.17) is 5.73 Å². The van der Waals surface area contributed by atoms with E-state index in [1.165, 1.54) is 31.3 Å². The van der Waals surface area contributed by atoms with Crippen LogP contribution in [0, 0.1) is 5.82 Å². The highest BCUT2D eigenvalue weighted by atomic mass is 35.5. The van der Waals surface area contributed by atoms with Crippen molar-refractivity contribution in [2.24, 2.45) is 12.8 Å². The van der Waals surface area contributed by atoms with E-state index < -0.39 is 17.8 Å². The molecule has 1 amide bonds. The Morgan fingerprint density at radius 1 is 0.941 bits per heavy atom. The Kier molecular flexibility index (Phi) is 7.94. The third-order valence-corrected chi connectivity index (χ3v) is 5.45. The number of carbonyl (C=O) groups excluding carboxylic acids is 1. The Bertz CT molecular complexity index is 1290. The SMILES string of the molecule is Cl.Cn1nc(-c2ccc(NC(=O)[C@@H](N)C(c3ccccc3)c3ccccc3)cc2F)ccc1=O. The molecule has 0 spiro atoms. The van der Waals surface area contributed by atoms with Crippen LogP contribution in [0.25, 0.3) is 11.3 Å². The second-order valence-corrected chi connectivity index (χ2v) is 7.69. The van der Waals surface area contributed by atoms with Gasteiger partial charge < -0.3 is 11.1 Å². The van der Waals surface area contributed by atoms with Crippen molar-refractivity contribution in [1.29, 1.82) is 0 Å². The molecule has 0 bridgehead atoms. The van der Waals surface area contributed by atoms with Gasteiger partial charge in [-0.05, 0) is 35.4 Å². The number of nitrogens with two attached hydrogens (primary N) is 1. The van der Waals surface area contributed by atoms with Gasteiger partial charge in [0, 0.05) is 30.3 Å². The number of nitrogens with zero attached hydrogens (tertiary/aromatic N) is 2. The van der Waals surface area contributed by atoms with E-state index in [2.05, 4.69) is 10.4 Å². The Morgan fingerprint density at radius 3 is 2.06 bits per heavy atom. The summed E-state index contributed by atoms with van der Waals surface area (Å²) in [6.07, 6.45) is 0. The van der Waals surface area contributed by atoms with E-state index in [-0.39, 0.29) is 35.1 Å². The first kappa shape index (κ1) is 24.8. The zero-order chi connectivity index (χ0) is 23.4. The third-order valence-electron chi connectivity index (χ3n) is 5.45. The van der Waals surface area contributed by atoms with Gasteiger partial charge >= 0.3 is 0 Å². The molecule has 3 aromatic carbocycles. The van der Waals surface area contributed by atoms with Crippen LogP contribution in [-0.4, -0.2) is 21.7 Å². The number of nitrogens with one attached hydrogen (secondary N) is 1. The minimum Gasteiger partial charge on any atom is -0.325 e. The molecule has 1 atom stereocenters. The number of halogens is 2. The molecule has 0 radical (unpaired) electrons. The zero-order valence-corrected chi connectivity index (χ0v) is 19.2. The number of aryl methyl sites for hydroxylation is 1. The van der Waals surface area contributed by atoms with Crippen molar-refractivity contribution in [3.63, 3.8) is 0 Å². The quantitative estimate of drug-likeness (QED) is 0.436. The lowest BCUT2D eigenvalue weighted by atomic mass is 9.85. The molecule has 0 aliphatic rings. The summed E-state index contributed by atoms with van der Waals surface area (Å²) in [6.45, 7) is 0. The maximum atomic E-state index is 14.8. The van der Waals surface area contributed by atoms with Crippen LogP contribution in [0.3, 0.4) is 0 Å². The van der Waals surface area contributed by atoms with Gasteiger partial charge in [-0.3, -0.25) is 9.59 Å². The lowest BCUT2D eigenvalue weighted by molar-refractivity contribution is -0.117. The maximum Gasteiger partial charge on any atom is 0.266 e. The zero-order valence-electron chi connectivity index (χ0n) is 18.4. The van der Waals surface area contributed by atoms with Gasteiger partial charge in [-0.25, -0.2) is 9.07 Å². The van der Waals surface area contributed by atoms with Crippen molar-refractivity contribution in [2.45, 2.75) is 12.0 Å². The van der Waals surface area contributed by atoms with Crippen LogP contribution in [0.2, 0.25) is 0 Å². The molecule has 0 saturated carbocycles. The number of anilines is 1. The van der Waals surface area contributed by atoms with Crippen LogP contribution in [0.5, 0.6) is 0 Å². The van der Waals surface area contributed by atoms with E-state index >= 15 is 0 Å². The van der Waals surface area contributed by atoms with Gasteiger partial charge in [0.2, 0.25) is 5.91 Å². The maximum absolute atomic E-state index is 14.8. The third kappa shape index (κ3) is 5.39. The first-order valence-corrected chi connectivity index (χ1v) is 10.4. The molecule has 0 saturated heterocycles. The van der Waals surface area contributed by atoms with E-state index in [1.807, 2.05) is 60.7 Å². The molecule has 0 aliphatic heterocycles. The minimum atomic E-state index is -0.900. The number of benzene rings is 3. The first-order chi connectivity index (χ1) is 15.9. The summed E-state index contributed by atoms with van der Waals surface area (Å²) in [5.74, 6) is -1.37. The predicted molar refractivity (Wildman–Crippen MR) is 133 cm³/mol. The molecular weight excluding hydrogens is 455 g/mol. The molecular formula is C26H24ClFN4O2. The molecule has 1 heterocycles. The van der Waals surface area contributed by atoms with Gasteiger partial charge in [0.25, 0.3) is 5.56 Å². The Balaban J connectivity index is 0.00000324. The van der Waals surface area contributed by atoms with Crippen molar-refractivity contribution in [1.82, 2.24) is 9.78 Å². The van der Waals surface area contributed by atoms with E-state index in [9.17, 15) is 14.0 Å². The lowest BCUT2D eigenvalue weighted by Gasteiger charge is -2.24. The molecule has 4 rings (SSSR count). The molecule has 3 N–H and O–H groups in total. The molecule has 6 nitrogen and oxygen atoms in total. The second-order valence-electron chi connectivity index (χ2n) is 7.69. The first-order valence-electron chi connectivity index (χ1n) is 10.4. The van der Waals surface area contributed by atoms with E-state index in [0.29, 0.717) is 5.69 Å². The van der Waals surface area contributed by atoms with Crippen molar-refractivity contribution in [3.05, 3.63) is 118 Å². The standard InChI is InChI=1S/C26H23FN4O2.ClH/c1-31-23(32)15-14-22(30-31)20-13-12-19(16-21(20)27)29-26(33)25(28)24(17-8-4-2-5-9-17)18-10-6-3-7-11-18;/h2-16,24-25H,28H2,1H3,(H,29,33);1H/t25-;/m0./s1. The summed E-state index contributed by atoms with van der Waals surface area (Å²) in [5.41, 5.74) is 8.77. The highest BCUT2D eigenvalue weighted by molar-refractivity contribution is 5.96. The Labute approximate surface area is 202 Å². The predicted octanol–water partition coefficient (Wildman–Crippen LogP) is 4.11. The summed E-state index contributed by atoms with van der Waals surface area (Å²) in [5, 5.41) is 6.79. The topological polar surface area (TPSA) is 90.0 Å². The normalized spacial score (nSPS) is 11.5. The van der Waals surface area contributed by atoms with Gasteiger partial charge in [0.05, 0.1) is 11.7 Å². The molecule has 174 valence electrons. The van der Waals surface area contributed by atoms with Crippen LogP contribution >= 0.6 is 12.4 Å². The fourth-order valence-electron chi connectivity index (χ4n) is 3.75. The summed E-state index contributed by atoms with van der Waals surface area (Å²) in [6, 6.07) is 25.3. The van der Waals surface area contributed by atoms with Crippen molar-refractivity contribution >= 4 is 24.0 Å². The van der Waals surface area contributed by atoms with Crippen LogP contribution in [0.1, 0.15) is 17.0 Å². The molecule has 1 aromatic heterocycles. The molecule has 4 aromatic rings. The Hall–Kier alpha value is -3.81. The average Bonchev–Trinajstić information content (AvgIpc) is 2.82. The van der Waals surface area contributed by atoms with Gasteiger partial charge in [-0.2, -0.15) is 5.10 Å². The van der Waals surface area contributed by atoms with E-state index in [0.717, 1.165) is 15.8 Å². The summed E-state index contributed by atoms with van der Waals surface area (Å²) in [4.78, 5) is 24.6. The number of hydrogen-bond acceptors (Lipinski definition) is 4. The van der Waals surface area contributed by atoms with Crippen LogP contribution in [-0.2, 0) is 11.8 Å². The highest BCUT2D eigenvalue weighted by Gasteiger charge is 2.28. The number of carbonyl (C=O) groups is 1. The van der Waals surface area contributed by atoms with Crippen LogP contribution < -0.4 is 16.6 Å². The fraction of sp³-hybridized carbons (Fsp3) is 0.115. The van der Waals surface area contributed by atoms with Gasteiger partial charge in [0.15, 0.2) is 0 Å². The average molecular weight is 479 g/mol. The molecule has 0 aliphatic carbocycles. The number of hydrogen-bond donors (Lipinski definition) is 2.